The van der Waals surface area contributed by atoms with Crippen molar-refractivity contribution >= 4 is 11.6 Å². The van der Waals surface area contributed by atoms with Gasteiger partial charge in [-0.3, -0.25) is 15.6 Å². The highest BCUT2D eigenvalue weighted by Gasteiger charge is 2.33. The van der Waals surface area contributed by atoms with Crippen LogP contribution in [0.4, 0.5) is 5.69 Å². The molecule has 1 saturated carbocycles. The van der Waals surface area contributed by atoms with Crippen molar-refractivity contribution in [2.75, 3.05) is 12.0 Å². The van der Waals surface area contributed by atoms with Crippen LogP contribution in [0.15, 0.2) is 30.3 Å². The van der Waals surface area contributed by atoms with Crippen LogP contribution in [0.25, 0.3) is 0 Å². The molecule has 0 unspecified atom stereocenters. The fourth-order valence-corrected chi connectivity index (χ4v) is 2.80. The van der Waals surface area contributed by atoms with Gasteiger partial charge in [0.25, 0.3) is 0 Å². The van der Waals surface area contributed by atoms with Crippen LogP contribution >= 0.6 is 0 Å². The first-order chi connectivity index (χ1) is 10.2. The third-order valence-electron chi connectivity index (χ3n) is 3.88. The predicted octanol–water partition coefficient (Wildman–Crippen LogP) is 2.09. The molecule has 0 radical (unpaired) electrons. The Kier molecular flexibility index (Phi) is 6.02. The molecule has 0 bridgehead atoms. The maximum Gasteiger partial charge on any atom is 0.238 e. The number of rotatable bonds is 6. The second-order valence-corrected chi connectivity index (χ2v) is 5.42. The Morgan fingerprint density at radius 3 is 2.81 bits per heavy atom. The first-order valence-electron chi connectivity index (χ1n) is 7.60. The van der Waals surface area contributed by atoms with Crippen molar-refractivity contribution in [1.82, 2.24) is 5.43 Å². The van der Waals surface area contributed by atoms with Crippen LogP contribution in [-0.2, 0) is 9.53 Å². The lowest BCUT2D eigenvalue weighted by atomic mass is 9.82. The van der Waals surface area contributed by atoms with Gasteiger partial charge in [-0.05, 0) is 37.8 Å². The van der Waals surface area contributed by atoms with Crippen LogP contribution in [0.2, 0.25) is 0 Å². The summed E-state index contributed by atoms with van der Waals surface area (Å²) in [5.41, 5.74) is 6.38. The summed E-state index contributed by atoms with van der Waals surface area (Å²) in [5.74, 6) is -0.145. The SMILES string of the molecule is CCO[C@H]1CCC[C@@H](CC(=O)NNc2ccccc2)[C@@H]1O. The number of aliphatic hydroxyl groups excluding tert-OH is 1. The molecule has 3 N–H and O–H groups in total. The van der Waals surface area contributed by atoms with E-state index in [2.05, 4.69) is 10.9 Å². The minimum atomic E-state index is -0.554. The van der Waals surface area contributed by atoms with E-state index in [1.54, 1.807) is 0 Å². The molecule has 5 nitrogen and oxygen atoms in total. The molecule has 0 spiro atoms. The van der Waals surface area contributed by atoms with Gasteiger partial charge in [-0.1, -0.05) is 24.6 Å². The Morgan fingerprint density at radius 1 is 1.33 bits per heavy atom. The number of hydrazine groups is 1. The minimum absolute atomic E-state index is 0.0344. The van der Waals surface area contributed by atoms with E-state index in [4.69, 9.17) is 4.74 Å². The molecular formula is C16H24N2O3. The highest BCUT2D eigenvalue weighted by molar-refractivity contribution is 5.77. The molecular weight excluding hydrogens is 268 g/mol. The number of carbonyl (C=O) groups excluding carboxylic acids is 1. The number of amides is 1. The lowest BCUT2D eigenvalue weighted by Gasteiger charge is -2.34. The molecule has 1 aliphatic carbocycles. The number of ether oxygens (including phenoxy) is 1. The highest BCUT2D eigenvalue weighted by atomic mass is 16.5. The number of anilines is 1. The van der Waals surface area contributed by atoms with Crippen molar-refractivity contribution in [1.29, 1.82) is 0 Å². The molecule has 0 aromatic heterocycles. The first-order valence-corrected chi connectivity index (χ1v) is 7.60. The highest BCUT2D eigenvalue weighted by Crippen LogP contribution is 2.29. The third kappa shape index (κ3) is 4.72. The van der Waals surface area contributed by atoms with Gasteiger partial charge in [-0.15, -0.1) is 0 Å². The van der Waals surface area contributed by atoms with Crippen molar-refractivity contribution in [3.05, 3.63) is 30.3 Å². The van der Waals surface area contributed by atoms with Crippen molar-refractivity contribution in [2.45, 2.75) is 44.8 Å². The molecule has 0 aliphatic heterocycles. The lowest BCUT2D eigenvalue weighted by Crippen LogP contribution is -2.42. The summed E-state index contributed by atoms with van der Waals surface area (Å²) >= 11 is 0. The van der Waals surface area contributed by atoms with Crippen LogP contribution in [0, 0.1) is 5.92 Å². The summed E-state index contributed by atoms with van der Waals surface area (Å²) in [5, 5.41) is 10.3. The average Bonchev–Trinajstić information content (AvgIpc) is 2.50. The van der Waals surface area contributed by atoms with Crippen molar-refractivity contribution in [2.24, 2.45) is 5.92 Å². The molecule has 3 atom stereocenters. The molecule has 1 aromatic rings. The van der Waals surface area contributed by atoms with Gasteiger partial charge in [0.15, 0.2) is 0 Å². The molecule has 116 valence electrons. The molecule has 1 aromatic carbocycles. The van der Waals surface area contributed by atoms with Crippen molar-refractivity contribution in [3.63, 3.8) is 0 Å². The molecule has 2 rings (SSSR count). The van der Waals surface area contributed by atoms with Gasteiger partial charge in [0.2, 0.25) is 5.91 Å². The van der Waals surface area contributed by atoms with Gasteiger partial charge in [-0.25, -0.2) is 0 Å². The van der Waals surface area contributed by atoms with Crippen LogP contribution in [-0.4, -0.2) is 29.8 Å². The summed E-state index contributed by atoms with van der Waals surface area (Å²) in [4.78, 5) is 12.0. The average molecular weight is 292 g/mol. The molecule has 0 saturated heterocycles. The second-order valence-electron chi connectivity index (χ2n) is 5.42. The Hall–Kier alpha value is -1.59. The normalized spacial score (nSPS) is 25.3. The second kappa shape index (κ2) is 8.00. The summed E-state index contributed by atoms with van der Waals surface area (Å²) in [6.07, 6.45) is 2.35. The fourth-order valence-electron chi connectivity index (χ4n) is 2.80. The molecule has 21 heavy (non-hydrogen) atoms. The number of hydrogen-bond donors (Lipinski definition) is 3. The molecule has 1 amide bonds. The summed E-state index contributed by atoms with van der Waals surface area (Å²) in [6.45, 7) is 2.52. The summed E-state index contributed by atoms with van der Waals surface area (Å²) < 4.78 is 5.54. The Balaban J connectivity index is 1.79. The Morgan fingerprint density at radius 2 is 2.10 bits per heavy atom. The number of benzene rings is 1. The van der Waals surface area contributed by atoms with E-state index in [0.717, 1.165) is 24.9 Å². The predicted molar refractivity (Wildman–Crippen MR) is 81.6 cm³/mol. The van der Waals surface area contributed by atoms with E-state index in [1.807, 2.05) is 37.3 Å². The van der Waals surface area contributed by atoms with E-state index in [0.29, 0.717) is 13.0 Å². The number of hydrogen-bond acceptors (Lipinski definition) is 4. The van der Waals surface area contributed by atoms with Gasteiger partial charge >= 0.3 is 0 Å². The van der Waals surface area contributed by atoms with E-state index in [-0.39, 0.29) is 17.9 Å². The van der Waals surface area contributed by atoms with Crippen LogP contribution in [0.1, 0.15) is 32.6 Å². The monoisotopic (exact) mass is 292 g/mol. The number of carbonyl (C=O) groups is 1. The van der Waals surface area contributed by atoms with Gasteiger partial charge in [0, 0.05) is 13.0 Å². The smallest absolute Gasteiger partial charge is 0.238 e. The lowest BCUT2D eigenvalue weighted by molar-refractivity contribution is -0.126. The molecule has 1 aliphatic rings. The zero-order valence-electron chi connectivity index (χ0n) is 12.4. The maximum atomic E-state index is 12.0. The first kappa shape index (κ1) is 15.8. The largest absolute Gasteiger partial charge is 0.390 e. The van der Waals surface area contributed by atoms with E-state index in [9.17, 15) is 9.90 Å². The number of nitrogens with one attached hydrogen (secondary N) is 2. The van der Waals surface area contributed by atoms with Gasteiger partial charge in [0.1, 0.15) is 0 Å². The Bertz CT molecular complexity index is 436. The summed E-state index contributed by atoms with van der Waals surface area (Å²) in [7, 11) is 0. The molecule has 0 heterocycles. The van der Waals surface area contributed by atoms with E-state index >= 15 is 0 Å². The third-order valence-corrected chi connectivity index (χ3v) is 3.88. The fraction of sp³-hybridized carbons (Fsp3) is 0.562. The van der Waals surface area contributed by atoms with Crippen LogP contribution < -0.4 is 10.9 Å². The van der Waals surface area contributed by atoms with Crippen molar-refractivity contribution in [3.8, 4) is 0 Å². The molecule has 5 heteroatoms. The van der Waals surface area contributed by atoms with Gasteiger partial charge in [-0.2, -0.15) is 0 Å². The number of para-hydroxylation sites is 1. The van der Waals surface area contributed by atoms with Gasteiger partial charge < -0.3 is 9.84 Å². The quantitative estimate of drug-likeness (QED) is 0.702. The molecule has 1 fully saturated rings. The van der Waals surface area contributed by atoms with Crippen molar-refractivity contribution < 1.29 is 14.6 Å². The number of aliphatic hydroxyl groups is 1. The summed E-state index contributed by atoms with van der Waals surface area (Å²) in [6, 6.07) is 9.46. The van der Waals surface area contributed by atoms with Crippen LogP contribution in [0.5, 0.6) is 0 Å². The Labute approximate surface area is 125 Å². The maximum absolute atomic E-state index is 12.0. The zero-order chi connectivity index (χ0) is 15.1. The minimum Gasteiger partial charge on any atom is -0.390 e. The standard InChI is InChI=1S/C16H24N2O3/c1-2-21-14-10-6-7-12(16(14)20)11-15(19)18-17-13-8-4-3-5-9-13/h3-5,8-9,12,14,16-17,20H,2,6-7,10-11H2,1H3,(H,18,19)/t12-,14-,16-/m0/s1. The van der Waals surface area contributed by atoms with Gasteiger partial charge in [0.05, 0.1) is 17.9 Å². The van der Waals surface area contributed by atoms with E-state index < -0.39 is 6.10 Å². The zero-order valence-corrected chi connectivity index (χ0v) is 12.4. The topological polar surface area (TPSA) is 70.6 Å². The van der Waals surface area contributed by atoms with Crippen LogP contribution in [0.3, 0.4) is 0 Å². The van der Waals surface area contributed by atoms with E-state index in [1.165, 1.54) is 0 Å².